The molecule has 0 heterocycles. The Morgan fingerprint density at radius 3 is 2.21 bits per heavy atom. The van der Waals surface area contributed by atoms with Gasteiger partial charge in [0.2, 0.25) is 5.91 Å². The molecule has 0 aromatic heterocycles. The molecule has 0 unspecified atom stereocenters. The van der Waals surface area contributed by atoms with Crippen molar-refractivity contribution in [1.29, 1.82) is 0 Å². The summed E-state index contributed by atoms with van der Waals surface area (Å²) in [5, 5.41) is 12.3. The minimum absolute atomic E-state index is 0.0897. The number of nitrogens with one attached hydrogen (secondary N) is 1. The van der Waals surface area contributed by atoms with Crippen LogP contribution in [-0.4, -0.2) is 23.0 Å². The van der Waals surface area contributed by atoms with Crippen molar-refractivity contribution in [2.45, 2.75) is 71.8 Å². The highest BCUT2D eigenvalue weighted by molar-refractivity contribution is 5.85. The summed E-state index contributed by atoms with van der Waals surface area (Å²) in [4.78, 5) is 23.5. The summed E-state index contributed by atoms with van der Waals surface area (Å²) in [5.74, 6) is -0.418. The Hall–Kier alpha value is -1.06. The molecule has 110 valence electrons. The van der Waals surface area contributed by atoms with Crippen LogP contribution in [0.15, 0.2) is 0 Å². The first-order chi connectivity index (χ1) is 8.95. The quantitative estimate of drug-likeness (QED) is 0.746. The fourth-order valence-corrected chi connectivity index (χ4v) is 3.07. The number of hydrogen-bond acceptors (Lipinski definition) is 2. The lowest BCUT2D eigenvalue weighted by Gasteiger charge is -2.28. The highest BCUT2D eigenvalue weighted by Crippen LogP contribution is 2.32. The fraction of sp³-hybridized carbons (Fsp3) is 0.867. The molecule has 1 aliphatic rings. The van der Waals surface area contributed by atoms with Gasteiger partial charge < -0.3 is 10.4 Å². The normalized spacial score (nSPS) is 18.3. The number of amides is 1. The van der Waals surface area contributed by atoms with Crippen LogP contribution >= 0.6 is 0 Å². The summed E-state index contributed by atoms with van der Waals surface area (Å²) in [5.41, 5.74) is -0.903. The maximum absolute atomic E-state index is 12.1. The summed E-state index contributed by atoms with van der Waals surface area (Å²) in [6.07, 6.45) is 5.91. The maximum Gasteiger partial charge on any atom is 0.310 e. The van der Waals surface area contributed by atoms with Gasteiger partial charge in [0.05, 0.1) is 5.41 Å². The highest BCUT2D eigenvalue weighted by Gasteiger charge is 2.37. The van der Waals surface area contributed by atoms with Gasteiger partial charge in [0.15, 0.2) is 0 Å². The first kappa shape index (κ1) is 16.0. The van der Waals surface area contributed by atoms with Gasteiger partial charge >= 0.3 is 5.97 Å². The largest absolute Gasteiger partial charge is 0.481 e. The number of carbonyl (C=O) groups excluding carboxylic acids is 1. The van der Waals surface area contributed by atoms with Crippen molar-refractivity contribution in [3.05, 3.63) is 0 Å². The van der Waals surface area contributed by atoms with Crippen LogP contribution in [0.25, 0.3) is 0 Å². The van der Waals surface area contributed by atoms with E-state index in [1.165, 1.54) is 25.7 Å². The van der Waals surface area contributed by atoms with Crippen molar-refractivity contribution >= 4 is 11.9 Å². The zero-order valence-corrected chi connectivity index (χ0v) is 12.4. The van der Waals surface area contributed by atoms with Gasteiger partial charge in [0.1, 0.15) is 0 Å². The van der Waals surface area contributed by atoms with E-state index in [4.69, 9.17) is 0 Å². The molecule has 0 radical (unpaired) electrons. The van der Waals surface area contributed by atoms with Gasteiger partial charge in [-0.1, -0.05) is 26.7 Å². The average Bonchev–Trinajstić information content (AvgIpc) is 2.89. The van der Waals surface area contributed by atoms with Crippen molar-refractivity contribution in [2.24, 2.45) is 11.3 Å². The smallest absolute Gasteiger partial charge is 0.310 e. The van der Waals surface area contributed by atoms with Gasteiger partial charge in [-0.15, -0.1) is 0 Å². The molecule has 0 aromatic carbocycles. The van der Waals surface area contributed by atoms with E-state index in [-0.39, 0.29) is 18.4 Å². The lowest BCUT2D eigenvalue weighted by atomic mass is 9.79. The molecule has 1 rings (SSSR count). The Bertz CT molecular complexity index is 317. The lowest BCUT2D eigenvalue weighted by Crippen LogP contribution is -2.42. The summed E-state index contributed by atoms with van der Waals surface area (Å²) in [6, 6.07) is 0.162. The third-order valence-electron chi connectivity index (χ3n) is 4.80. The van der Waals surface area contributed by atoms with E-state index < -0.39 is 11.4 Å². The third-order valence-corrected chi connectivity index (χ3v) is 4.80. The predicted molar refractivity (Wildman–Crippen MR) is 74.8 cm³/mol. The first-order valence-electron chi connectivity index (χ1n) is 7.48. The third kappa shape index (κ3) is 3.95. The number of rotatable bonds is 7. The Kier molecular flexibility index (Phi) is 5.83. The van der Waals surface area contributed by atoms with E-state index >= 15 is 0 Å². The lowest BCUT2D eigenvalue weighted by molar-refractivity contribution is -0.152. The maximum atomic E-state index is 12.1. The molecule has 1 atom stereocenters. The minimum Gasteiger partial charge on any atom is -0.481 e. The van der Waals surface area contributed by atoms with E-state index in [0.717, 1.165) is 0 Å². The minimum atomic E-state index is -0.903. The molecule has 1 amide bonds. The summed E-state index contributed by atoms with van der Waals surface area (Å²) >= 11 is 0. The predicted octanol–water partition coefficient (Wildman–Crippen LogP) is 2.96. The first-order valence-corrected chi connectivity index (χ1v) is 7.48. The number of carboxylic acids is 1. The van der Waals surface area contributed by atoms with Gasteiger partial charge in [0.25, 0.3) is 0 Å². The highest BCUT2D eigenvalue weighted by atomic mass is 16.4. The zero-order valence-electron chi connectivity index (χ0n) is 12.4. The van der Waals surface area contributed by atoms with Crippen molar-refractivity contribution in [3.8, 4) is 0 Å². The molecular formula is C15H27NO3. The topological polar surface area (TPSA) is 66.4 Å². The van der Waals surface area contributed by atoms with Gasteiger partial charge in [-0.2, -0.15) is 0 Å². The van der Waals surface area contributed by atoms with Gasteiger partial charge in [-0.25, -0.2) is 0 Å². The molecule has 0 bridgehead atoms. The molecule has 1 aliphatic carbocycles. The Morgan fingerprint density at radius 1 is 1.26 bits per heavy atom. The summed E-state index contributed by atoms with van der Waals surface area (Å²) < 4.78 is 0. The van der Waals surface area contributed by atoms with E-state index in [2.05, 4.69) is 5.32 Å². The van der Waals surface area contributed by atoms with Crippen LogP contribution in [-0.2, 0) is 9.59 Å². The van der Waals surface area contributed by atoms with Crippen LogP contribution in [0.1, 0.15) is 65.7 Å². The monoisotopic (exact) mass is 269 g/mol. The zero-order chi connectivity index (χ0) is 14.5. The second kappa shape index (κ2) is 6.92. The van der Waals surface area contributed by atoms with E-state index in [1.54, 1.807) is 0 Å². The molecule has 1 fully saturated rings. The van der Waals surface area contributed by atoms with Crippen LogP contribution in [0, 0.1) is 11.3 Å². The Labute approximate surface area is 116 Å². The number of aliphatic carboxylic acids is 1. The van der Waals surface area contributed by atoms with Crippen molar-refractivity contribution in [3.63, 3.8) is 0 Å². The Morgan fingerprint density at radius 2 is 1.79 bits per heavy atom. The molecule has 1 saturated carbocycles. The van der Waals surface area contributed by atoms with Gasteiger partial charge in [-0.3, -0.25) is 9.59 Å². The molecular weight excluding hydrogens is 242 g/mol. The van der Waals surface area contributed by atoms with Crippen LogP contribution in [0.4, 0.5) is 0 Å². The SMILES string of the molecule is CCC(CC)(CC(=O)N[C@H](C)C1CCCC1)C(=O)O. The molecule has 4 nitrogen and oxygen atoms in total. The second-order valence-electron chi connectivity index (χ2n) is 5.87. The van der Waals surface area contributed by atoms with Crippen LogP contribution in [0.3, 0.4) is 0 Å². The standard InChI is InChI=1S/C15H27NO3/c1-4-15(5-2,14(18)19)10-13(17)16-11(3)12-8-6-7-9-12/h11-12H,4-10H2,1-3H3,(H,16,17)(H,18,19)/t11-/m1/s1. The average molecular weight is 269 g/mol. The molecule has 0 spiro atoms. The molecule has 0 saturated heterocycles. The molecule has 19 heavy (non-hydrogen) atoms. The van der Waals surface area contributed by atoms with Gasteiger partial charge in [0, 0.05) is 12.5 Å². The van der Waals surface area contributed by atoms with Crippen LogP contribution in [0.5, 0.6) is 0 Å². The summed E-state index contributed by atoms with van der Waals surface area (Å²) in [7, 11) is 0. The molecule has 4 heteroatoms. The van der Waals surface area contributed by atoms with Crippen molar-refractivity contribution < 1.29 is 14.7 Å². The molecule has 0 aliphatic heterocycles. The van der Waals surface area contributed by atoms with Crippen molar-refractivity contribution in [2.75, 3.05) is 0 Å². The van der Waals surface area contributed by atoms with Gasteiger partial charge in [-0.05, 0) is 38.5 Å². The second-order valence-corrected chi connectivity index (χ2v) is 5.87. The van der Waals surface area contributed by atoms with E-state index in [0.29, 0.717) is 18.8 Å². The number of hydrogen-bond donors (Lipinski definition) is 2. The molecule has 0 aromatic rings. The Balaban J connectivity index is 2.55. The van der Waals surface area contributed by atoms with Crippen LogP contribution in [0.2, 0.25) is 0 Å². The number of carbonyl (C=O) groups is 2. The van der Waals surface area contributed by atoms with E-state index in [1.807, 2.05) is 20.8 Å². The van der Waals surface area contributed by atoms with Crippen molar-refractivity contribution in [1.82, 2.24) is 5.32 Å². The van der Waals surface area contributed by atoms with E-state index in [9.17, 15) is 14.7 Å². The fourth-order valence-electron chi connectivity index (χ4n) is 3.07. The number of carboxylic acid groups (broad SMARTS) is 1. The van der Waals surface area contributed by atoms with Crippen LogP contribution < -0.4 is 5.32 Å². The summed E-state index contributed by atoms with van der Waals surface area (Å²) in [6.45, 7) is 5.71. The molecule has 2 N–H and O–H groups in total.